The molecular weight excluding hydrogens is 388 g/mol. The Labute approximate surface area is 173 Å². The highest BCUT2D eigenvalue weighted by molar-refractivity contribution is 6.31. The van der Waals surface area contributed by atoms with Crippen LogP contribution in [0.5, 0.6) is 5.75 Å². The van der Waals surface area contributed by atoms with Gasteiger partial charge in [0, 0.05) is 11.4 Å². The molecule has 0 bridgehead atoms. The summed E-state index contributed by atoms with van der Waals surface area (Å²) in [5.74, 6) is -0.159. The maximum Gasteiger partial charge on any atom is 0.335 e. The Kier molecular flexibility index (Phi) is 5.23. The summed E-state index contributed by atoms with van der Waals surface area (Å²) in [5.41, 5.74) is 4.06. The maximum absolute atomic E-state index is 11.2. The van der Waals surface area contributed by atoms with Gasteiger partial charge in [-0.1, -0.05) is 35.9 Å². The van der Waals surface area contributed by atoms with Crippen molar-refractivity contribution in [3.05, 3.63) is 94.5 Å². The van der Waals surface area contributed by atoms with Gasteiger partial charge in [0.25, 0.3) is 0 Å². The van der Waals surface area contributed by atoms with Gasteiger partial charge in [-0.25, -0.2) is 4.79 Å². The van der Waals surface area contributed by atoms with Crippen LogP contribution in [0.2, 0.25) is 5.02 Å². The van der Waals surface area contributed by atoms with Crippen molar-refractivity contribution in [3.8, 4) is 5.75 Å². The van der Waals surface area contributed by atoms with E-state index in [0.29, 0.717) is 11.4 Å². The molecule has 0 fully saturated rings. The van der Waals surface area contributed by atoms with Gasteiger partial charge in [-0.3, -0.25) is 5.01 Å². The minimum atomic E-state index is -0.951. The number of carboxylic acids is 1. The number of methoxy groups -OCH3 is 1. The molecule has 3 aromatic rings. The van der Waals surface area contributed by atoms with Crippen molar-refractivity contribution in [3.63, 3.8) is 0 Å². The summed E-state index contributed by atoms with van der Waals surface area (Å²) in [6.45, 7) is 0. The van der Waals surface area contributed by atoms with Gasteiger partial charge in [0.1, 0.15) is 5.75 Å². The smallest absolute Gasteiger partial charge is 0.335 e. The van der Waals surface area contributed by atoms with Gasteiger partial charge in [-0.2, -0.15) is 5.10 Å². The van der Waals surface area contributed by atoms with E-state index in [9.17, 15) is 9.90 Å². The first-order valence-electron chi connectivity index (χ1n) is 9.15. The zero-order chi connectivity index (χ0) is 20.4. The molecule has 0 saturated heterocycles. The topological polar surface area (TPSA) is 62.1 Å². The second kappa shape index (κ2) is 7.97. The zero-order valence-electron chi connectivity index (χ0n) is 15.7. The number of hydrazone groups is 1. The maximum atomic E-state index is 11.2. The van der Waals surface area contributed by atoms with Crippen molar-refractivity contribution < 1.29 is 14.6 Å². The van der Waals surface area contributed by atoms with Crippen LogP contribution >= 0.6 is 11.6 Å². The highest BCUT2D eigenvalue weighted by atomic mass is 35.5. The van der Waals surface area contributed by atoms with E-state index in [0.717, 1.165) is 28.3 Å². The van der Waals surface area contributed by atoms with Crippen LogP contribution in [0.3, 0.4) is 0 Å². The van der Waals surface area contributed by atoms with Crippen LogP contribution in [0, 0.1) is 0 Å². The van der Waals surface area contributed by atoms with E-state index >= 15 is 0 Å². The van der Waals surface area contributed by atoms with Crippen LogP contribution < -0.4 is 9.75 Å². The molecule has 1 aliphatic heterocycles. The quantitative estimate of drug-likeness (QED) is 0.616. The fourth-order valence-electron chi connectivity index (χ4n) is 3.43. The summed E-state index contributed by atoms with van der Waals surface area (Å²) in [5, 5.41) is 16.6. The predicted octanol–water partition coefficient (Wildman–Crippen LogP) is 5.40. The van der Waals surface area contributed by atoms with E-state index in [1.807, 2.05) is 53.5 Å². The molecule has 0 radical (unpaired) electrons. The van der Waals surface area contributed by atoms with E-state index in [1.54, 1.807) is 31.4 Å². The predicted molar refractivity (Wildman–Crippen MR) is 114 cm³/mol. The minimum Gasteiger partial charge on any atom is -0.497 e. The first-order chi connectivity index (χ1) is 14.0. The number of hydrogen-bond acceptors (Lipinski definition) is 4. The molecule has 0 amide bonds. The first-order valence-corrected chi connectivity index (χ1v) is 9.53. The molecule has 0 spiro atoms. The lowest BCUT2D eigenvalue weighted by Crippen LogP contribution is -2.18. The Balaban J connectivity index is 1.73. The molecule has 0 saturated carbocycles. The Hall–Kier alpha value is -3.31. The van der Waals surface area contributed by atoms with Crippen LogP contribution in [0.25, 0.3) is 0 Å². The van der Waals surface area contributed by atoms with E-state index < -0.39 is 5.97 Å². The van der Waals surface area contributed by atoms with Gasteiger partial charge in [0.05, 0.1) is 30.1 Å². The number of ether oxygens (including phenoxy) is 1. The van der Waals surface area contributed by atoms with Crippen molar-refractivity contribution in [2.24, 2.45) is 5.10 Å². The molecule has 1 N–H and O–H groups in total. The Morgan fingerprint density at radius 3 is 2.45 bits per heavy atom. The Morgan fingerprint density at radius 1 is 1.10 bits per heavy atom. The molecule has 29 heavy (non-hydrogen) atoms. The van der Waals surface area contributed by atoms with Gasteiger partial charge >= 0.3 is 5.97 Å². The number of halogens is 1. The largest absolute Gasteiger partial charge is 0.497 e. The number of carboxylic acid groups (broad SMARTS) is 1. The van der Waals surface area contributed by atoms with Crippen molar-refractivity contribution in [1.82, 2.24) is 0 Å². The minimum absolute atomic E-state index is 0.0226. The fourth-order valence-corrected chi connectivity index (χ4v) is 3.62. The Morgan fingerprint density at radius 2 is 1.83 bits per heavy atom. The van der Waals surface area contributed by atoms with Crippen molar-refractivity contribution in [2.75, 3.05) is 12.1 Å². The number of nitrogens with zero attached hydrogens (tertiary/aromatic N) is 2. The van der Waals surface area contributed by atoms with Crippen molar-refractivity contribution >= 4 is 29.0 Å². The molecule has 3 aromatic carbocycles. The summed E-state index contributed by atoms with van der Waals surface area (Å²) in [7, 11) is 1.64. The average molecular weight is 407 g/mol. The molecule has 1 heterocycles. The first kappa shape index (κ1) is 19.0. The van der Waals surface area contributed by atoms with Gasteiger partial charge < -0.3 is 9.84 Å². The molecular formula is C23H19ClN2O3. The fraction of sp³-hybridized carbons (Fsp3) is 0.130. The lowest BCUT2D eigenvalue weighted by molar-refractivity contribution is 0.0697. The lowest BCUT2D eigenvalue weighted by atomic mass is 9.98. The second-order valence-corrected chi connectivity index (χ2v) is 7.18. The van der Waals surface area contributed by atoms with E-state index in [-0.39, 0.29) is 11.6 Å². The van der Waals surface area contributed by atoms with Crippen molar-refractivity contribution in [2.45, 2.75) is 12.5 Å². The van der Waals surface area contributed by atoms with E-state index in [2.05, 4.69) is 0 Å². The summed E-state index contributed by atoms with van der Waals surface area (Å²) >= 11 is 6.17. The molecule has 6 heteroatoms. The van der Waals surface area contributed by atoms with E-state index in [1.165, 1.54) is 0 Å². The van der Waals surface area contributed by atoms with Gasteiger partial charge in [0.2, 0.25) is 0 Å². The van der Waals surface area contributed by atoms with Crippen LogP contribution in [-0.4, -0.2) is 23.9 Å². The number of benzene rings is 3. The highest BCUT2D eigenvalue weighted by Gasteiger charge is 2.30. The molecule has 0 aliphatic carbocycles. The van der Waals surface area contributed by atoms with Gasteiger partial charge in [-0.05, 0) is 59.7 Å². The summed E-state index contributed by atoms with van der Waals surface area (Å²) in [6.07, 6.45) is 0.702. The number of hydrogen-bond donors (Lipinski definition) is 1. The molecule has 4 rings (SSSR count). The third kappa shape index (κ3) is 3.96. The van der Waals surface area contributed by atoms with Crippen molar-refractivity contribution in [1.29, 1.82) is 0 Å². The van der Waals surface area contributed by atoms with Crippen LogP contribution in [0.1, 0.15) is 33.9 Å². The van der Waals surface area contributed by atoms with Gasteiger partial charge in [0.15, 0.2) is 0 Å². The standard InChI is InChI=1S/C23H19ClN2O3/c1-29-20-11-7-15(8-12-20)22-14-21(17-3-2-4-18(24)13-17)25-26(22)19-9-5-16(6-10-19)23(27)28/h2-13,22H,14H2,1H3,(H,27,28). The van der Waals surface area contributed by atoms with Gasteiger partial charge in [-0.15, -0.1) is 0 Å². The highest BCUT2D eigenvalue weighted by Crippen LogP contribution is 2.37. The number of anilines is 1. The molecule has 0 aromatic heterocycles. The summed E-state index contributed by atoms with van der Waals surface area (Å²) in [4.78, 5) is 11.2. The third-order valence-corrected chi connectivity index (χ3v) is 5.18. The molecule has 146 valence electrons. The molecule has 5 nitrogen and oxygen atoms in total. The third-order valence-electron chi connectivity index (χ3n) is 4.95. The number of aromatic carboxylic acids is 1. The summed E-state index contributed by atoms with van der Waals surface area (Å²) < 4.78 is 5.27. The molecule has 1 unspecified atom stereocenters. The summed E-state index contributed by atoms with van der Waals surface area (Å²) in [6, 6.07) is 22.3. The Bertz CT molecular complexity index is 1060. The SMILES string of the molecule is COc1ccc(C2CC(c3cccc(Cl)c3)=NN2c2ccc(C(=O)O)cc2)cc1. The van der Waals surface area contributed by atoms with Crippen LogP contribution in [-0.2, 0) is 0 Å². The van der Waals surface area contributed by atoms with Crippen LogP contribution in [0.4, 0.5) is 5.69 Å². The van der Waals surface area contributed by atoms with E-state index in [4.69, 9.17) is 21.4 Å². The zero-order valence-corrected chi connectivity index (χ0v) is 16.5. The number of carbonyl (C=O) groups is 1. The number of rotatable bonds is 5. The lowest BCUT2D eigenvalue weighted by Gasteiger charge is -2.24. The normalized spacial score (nSPS) is 15.9. The molecule has 1 aliphatic rings. The average Bonchev–Trinajstić information content (AvgIpc) is 3.19. The molecule has 1 atom stereocenters. The second-order valence-electron chi connectivity index (χ2n) is 6.75. The monoisotopic (exact) mass is 406 g/mol. The van der Waals surface area contributed by atoms with Crippen LogP contribution in [0.15, 0.2) is 77.9 Å².